The van der Waals surface area contributed by atoms with Crippen molar-refractivity contribution in [3.63, 3.8) is 0 Å². The van der Waals surface area contributed by atoms with E-state index >= 15 is 0 Å². The summed E-state index contributed by atoms with van der Waals surface area (Å²) in [7, 11) is 0. The normalized spacial score (nSPS) is 9.43. The highest BCUT2D eigenvalue weighted by Crippen LogP contribution is 2.17. The molecule has 0 spiro atoms. The van der Waals surface area contributed by atoms with Crippen LogP contribution in [0, 0.1) is 0 Å². The zero-order valence-corrected chi connectivity index (χ0v) is 14.5. The monoisotopic (exact) mass is 332 g/mol. The topological polar surface area (TPSA) is 54.9 Å². The third-order valence-corrected chi connectivity index (χ3v) is 3.20. The summed E-state index contributed by atoms with van der Waals surface area (Å²) in [5, 5.41) is 0.635. The molecule has 3 aromatic rings. The van der Waals surface area contributed by atoms with E-state index in [1.54, 1.807) is 42.5 Å². The van der Waals surface area contributed by atoms with Gasteiger partial charge < -0.3 is 4.98 Å². The van der Waals surface area contributed by atoms with Crippen LogP contribution in [-0.4, -0.2) is 9.55 Å². The summed E-state index contributed by atoms with van der Waals surface area (Å²) < 4.78 is 1.08. The minimum atomic E-state index is -0.481. The van der Waals surface area contributed by atoms with Gasteiger partial charge in [0.15, 0.2) is 0 Å². The Morgan fingerprint density at radius 3 is 2.09 bits per heavy atom. The summed E-state index contributed by atoms with van der Waals surface area (Å²) in [6.45, 7) is 8.00. The Labute approximate surface area is 140 Å². The quantitative estimate of drug-likeness (QED) is 0.718. The maximum atomic E-state index is 12.4. The third-order valence-electron chi connectivity index (χ3n) is 2.89. The molecule has 0 bridgehead atoms. The molecule has 23 heavy (non-hydrogen) atoms. The molecule has 0 aliphatic rings. The highest BCUT2D eigenvalue weighted by atomic mass is 35.5. The number of benzene rings is 2. The second-order valence-corrected chi connectivity index (χ2v) is 4.48. The Bertz CT molecular complexity index is 868. The molecule has 0 amide bonds. The van der Waals surface area contributed by atoms with Gasteiger partial charge in [-0.1, -0.05) is 63.6 Å². The molecule has 0 unspecified atom stereocenters. The van der Waals surface area contributed by atoms with Crippen LogP contribution >= 0.6 is 11.6 Å². The van der Waals surface area contributed by atoms with Gasteiger partial charge in [-0.25, -0.2) is 9.36 Å². The Kier molecular flexibility index (Phi) is 7.29. The molecule has 0 atom stereocenters. The molecule has 2 aromatic carbocycles. The van der Waals surface area contributed by atoms with E-state index in [9.17, 15) is 9.59 Å². The van der Waals surface area contributed by atoms with Crippen LogP contribution < -0.4 is 11.2 Å². The Hall–Kier alpha value is -2.33. The van der Waals surface area contributed by atoms with Crippen molar-refractivity contribution in [1.29, 1.82) is 0 Å². The van der Waals surface area contributed by atoms with Crippen LogP contribution in [0.25, 0.3) is 16.6 Å². The van der Waals surface area contributed by atoms with Gasteiger partial charge in [-0.15, -0.1) is 0 Å². The average molecular weight is 333 g/mol. The summed E-state index contributed by atoms with van der Waals surface area (Å²) in [6.07, 6.45) is 0. The standard InChI is InChI=1S/C14H9ClN2O2.2C2H6/c15-10-7-4-8-11-12(10)13(18)17(14(19)16-11)9-5-2-1-3-6-9;2*1-2/h1-8H,(H,16,19);2*1-2H3. The van der Waals surface area contributed by atoms with Gasteiger partial charge in [0.2, 0.25) is 0 Å². The van der Waals surface area contributed by atoms with Crippen LogP contribution in [0.2, 0.25) is 5.02 Å². The first-order valence-electron chi connectivity index (χ1n) is 7.67. The fraction of sp³-hybridized carbons (Fsp3) is 0.222. The number of rotatable bonds is 1. The van der Waals surface area contributed by atoms with Crippen LogP contribution in [0.15, 0.2) is 58.1 Å². The predicted octanol–water partition coefficient (Wildman–Crippen LogP) is 4.38. The highest BCUT2D eigenvalue weighted by molar-refractivity contribution is 6.35. The second kappa shape index (κ2) is 8.96. The smallest absolute Gasteiger partial charge is 0.306 e. The molecule has 122 valence electrons. The molecular formula is C18H21ClN2O2. The first kappa shape index (κ1) is 18.7. The summed E-state index contributed by atoms with van der Waals surface area (Å²) in [6, 6.07) is 13.7. The van der Waals surface area contributed by atoms with Crippen molar-refractivity contribution in [3.05, 3.63) is 74.4 Å². The number of aromatic nitrogens is 2. The van der Waals surface area contributed by atoms with E-state index in [0.717, 1.165) is 4.57 Å². The van der Waals surface area contributed by atoms with Crippen LogP contribution in [0.1, 0.15) is 27.7 Å². The molecule has 3 rings (SSSR count). The Morgan fingerprint density at radius 1 is 0.870 bits per heavy atom. The van der Waals surface area contributed by atoms with Crippen molar-refractivity contribution < 1.29 is 0 Å². The van der Waals surface area contributed by atoms with Gasteiger partial charge in [-0.05, 0) is 24.3 Å². The maximum absolute atomic E-state index is 12.4. The number of H-pyrrole nitrogens is 1. The number of nitrogens with one attached hydrogen (secondary N) is 1. The van der Waals surface area contributed by atoms with Crippen molar-refractivity contribution in [2.45, 2.75) is 27.7 Å². The average Bonchev–Trinajstić information content (AvgIpc) is 2.59. The number of halogens is 1. The van der Waals surface area contributed by atoms with E-state index in [1.165, 1.54) is 0 Å². The van der Waals surface area contributed by atoms with Crippen LogP contribution in [-0.2, 0) is 0 Å². The molecular weight excluding hydrogens is 312 g/mol. The zero-order valence-electron chi connectivity index (χ0n) is 13.8. The molecule has 1 heterocycles. The molecule has 5 heteroatoms. The highest BCUT2D eigenvalue weighted by Gasteiger charge is 2.11. The molecule has 0 saturated carbocycles. The lowest BCUT2D eigenvalue weighted by Crippen LogP contribution is -2.33. The fourth-order valence-corrected chi connectivity index (χ4v) is 2.29. The van der Waals surface area contributed by atoms with Gasteiger partial charge in [0, 0.05) is 0 Å². The maximum Gasteiger partial charge on any atom is 0.333 e. The van der Waals surface area contributed by atoms with E-state index in [0.29, 0.717) is 21.6 Å². The van der Waals surface area contributed by atoms with Crippen LogP contribution in [0.5, 0.6) is 0 Å². The Balaban J connectivity index is 0.000000615. The lowest BCUT2D eigenvalue weighted by atomic mass is 10.2. The van der Waals surface area contributed by atoms with Crippen molar-refractivity contribution in [1.82, 2.24) is 9.55 Å². The SMILES string of the molecule is CC.CC.O=c1[nH]c2cccc(Cl)c2c(=O)n1-c1ccccc1. The number of aromatic amines is 1. The largest absolute Gasteiger partial charge is 0.333 e. The van der Waals surface area contributed by atoms with Crippen molar-refractivity contribution >= 4 is 22.5 Å². The second-order valence-electron chi connectivity index (χ2n) is 4.07. The predicted molar refractivity (Wildman–Crippen MR) is 97.9 cm³/mol. The van der Waals surface area contributed by atoms with Gasteiger partial charge >= 0.3 is 5.69 Å². The summed E-state index contributed by atoms with van der Waals surface area (Å²) in [5.41, 5.74) is 0.0479. The van der Waals surface area contributed by atoms with Crippen molar-refractivity contribution in [2.24, 2.45) is 0 Å². The van der Waals surface area contributed by atoms with Crippen molar-refractivity contribution in [2.75, 3.05) is 0 Å². The fourth-order valence-electron chi connectivity index (χ4n) is 2.03. The molecule has 0 saturated heterocycles. The number of hydrogen-bond donors (Lipinski definition) is 1. The molecule has 4 nitrogen and oxygen atoms in total. The molecule has 1 aromatic heterocycles. The van der Waals surface area contributed by atoms with E-state index in [2.05, 4.69) is 4.98 Å². The molecule has 0 radical (unpaired) electrons. The van der Waals surface area contributed by atoms with Gasteiger partial charge in [0.1, 0.15) is 0 Å². The molecule has 0 aliphatic carbocycles. The number of nitrogens with zero attached hydrogens (tertiary/aromatic N) is 1. The molecule has 0 fully saturated rings. The lowest BCUT2D eigenvalue weighted by molar-refractivity contribution is 0.901. The summed E-state index contributed by atoms with van der Waals surface area (Å²) in [4.78, 5) is 27.1. The zero-order chi connectivity index (χ0) is 17.4. The minimum Gasteiger partial charge on any atom is -0.306 e. The van der Waals surface area contributed by atoms with Gasteiger partial charge in [-0.2, -0.15) is 0 Å². The Morgan fingerprint density at radius 2 is 1.48 bits per heavy atom. The number of fused-ring (bicyclic) bond motifs is 1. The number of hydrogen-bond acceptors (Lipinski definition) is 2. The van der Waals surface area contributed by atoms with E-state index in [4.69, 9.17) is 11.6 Å². The lowest BCUT2D eigenvalue weighted by Gasteiger charge is -2.06. The van der Waals surface area contributed by atoms with Gasteiger partial charge in [0.05, 0.1) is 21.6 Å². The first-order valence-corrected chi connectivity index (χ1v) is 8.05. The van der Waals surface area contributed by atoms with Crippen LogP contribution in [0.4, 0.5) is 0 Å². The first-order chi connectivity index (χ1) is 11.2. The third kappa shape index (κ3) is 3.90. The van der Waals surface area contributed by atoms with Gasteiger partial charge in [0.25, 0.3) is 5.56 Å². The molecule has 1 N–H and O–H groups in total. The number of para-hydroxylation sites is 1. The van der Waals surface area contributed by atoms with Crippen LogP contribution in [0.3, 0.4) is 0 Å². The van der Waals surface area contributed by atoms with E-state index < -0.39 is 11.2 Å². The summed E-state index contributed by atoms with van der Waals surface area (Å²) in [5.74, 6) is 0. The van der Waals surface area contributed by atoms with Crippen molar-refractivity contribution in [3.8, 4) is 5.69 Å². The molecule has 0 aliphatic heterocycles. The van der Waals surface area contributed by atoms with E-state index in [-0.39, 0.29) is 0 Å². The van der Waals surface area contributed by atoms with E-state index in [1.807, 2.05) is 33.8 Å². The minimum absolute atomic E-state index is 0.313. The summed E-state index contributed by atoms with van der Waals surface area (Å²) >= 11 is 6.04. The van der Waals surface area contributed by atoms with Gasteiger partial charge in [-0.3, -0.25) is 4.79 Å².